The molecule has 0 aliphatic carbocycles. The van der Waals surface area contributed by atoms with Crippen LogP contribution in [-0.4, -0.2) is 27.2 Å². The zero-order valence-corrected chi connectivity index (χ0v) is 11.2. The number of benzene rings is 1. The van der Waals surface area contributed by atoms with Crippen molar-refractivity contribution >= 4 is 32.9 Å². The number of rotatable bonds is 5. The highest BCUT2D eigenvalue weighted by molar-refractivity contribution is 7.84. The highest BCUT2D eigenvalue weighted by Crippen LogP contribution is 2.27. The van der Waals surface area contributed by atoms with Crippen molar-refractivity contribution in [3.8, 4) is 0 Å². The van der Waals surface area contributed by atoms with E-state index in [1.807, 2.05) is 25.1 Å². The molecule has 1 aromatic carbocycles. The quantitative estimate of drug-likeness (QED) is 0.810. The van der Waals surface area contributed by atoms with E-state index in [1.54, 1.807) is 12.4 Å². The van der Waals surface area contributed by atoms with Gasteiger partial charge >= 0.3 is 0 Å². The molecule has 0 fully saturated rings. The summed E-state index contributed by atoms with van der Waals surface area (Å²) < 4.78 is 11.4. The summed E-state index contributed by atoms with van der Waals surface area (Å²) in [6.07, 6.45) is 3.51. The molecule has 0 spiro atoms. The van der Waals surface area contributed by atoms with Gasteiger partial charge in [-0.25, -0.2) is 0 Å². The minimum atomic E-state index is -0.738. The zero-order chi connectivity index (χ0) is 13.0. The summed E-state index contributed by atoms with van der Waals surface area (Å²) in [7, 11) is -0.738. The number of fused-ring (bicyclic) bond motifs is 1. The first-order chi connectivity index (χ1) is 8.72. The summed E-state index contributed by atoms with van der Waals surface area (Å²) in [6.45, 7) is 2.63. The normalized spacial score (nSPS) is 12.5. The van der Waals surface area contributed by atoms with E-state index in [9.17, 15) is 4.21 Å². The van der Waals surface area contributed by atoms with Gasteiger partial charge in [-0.3, -0.25) is 9.19 Å². The third-order valence-electron chi connectivity index (χ3n) is 2.82. The number of aromatic nitrogens is 1. The molecule has 1 aromatic heterocycles. The maximum atomic E-state index is 11.4. The first kappa shape index (κ1) is 12.8. The lowest BCUT2D eigenvalue weighted by atomic mass is 10.1. The highest BCUT2D eigenvalue weighted by atomic mass is 32.2. The average Bonchev–Trinajstić information content (AvgIpc) is 2.41. The molecule has 3 N–H and O–H groups in total. The number of anilines is 2. The van der Waals surface area contributed by atoms with Gasteiger partial charge in [0.25, 0.3) is 0 Å². The fourth-order valence-corrected chi connectivity index (χ4v) is 2.43. The summed E-state index contributed by atoms with van der Waals surface area (Å²) >= 11 is 0. The smallest absolute Gasteiger partial charge is 0.0422 e. The van der Waals surface area contributed by atoms with Crippen molar-refractivity contribution in [3.63, 3.8) is 0 Å². The summed E-state index contributed by atoms with van der Waals surface area (Å²) in [6, 6.07) is 5.75. The molecule has 2 aromatic rings. The predicted octanol–water partition coefficient (Wildman–Crippen LogP) is 2.00. The second-order valence-corrected chi connectivity index (χ2v) is 5.85. The van der Waals surface area contributed by atoms with E-state index in [4.69, 9.17) is 5.73 Å². The molecular weight excluding hydrogens is 246 g/mol. The van der Waals surface area contributed by atoms with Crippen LogP contribution in [0.25, 0.3) is 10.8 Å². The largest absolute Gasteiger partial charge is 0.398 e. The highest BCUT2D eigenvalue weighted by Gasteiger charge is 2.04. The van der Waals surface area contributed by atoms with Gasteiger partial charge in [-0.2, -0.15) is 0 Å². The number of nitrogen functional groups attached to an aromatic ring is 1. The number of hydrogen-bond donors (Lipinski definition) is 2. The molecule has 2 rings (SSSR count). The van der Waals surface area contributed by atoms with Crippen molar-refractivity contribution in [2.24, 2.45) is 0 Å². The summed E-state index contributed by atoms with van der Waals surface area (Å²) in [5, 5.41) is 5.30. The molecule has 0 radical (unpaired) electrons. The molecule has 18 heavy (non-hydrogen) atoms. The van der Waals surface area contributed by atoms with Gasteiger partial charge in [0, 0.05) is 63.4 Å². The molecule has 0 saturated heterocycles. The van der Waals surface area contributed by atoms with Crippen LogP contribution in [0.5, 0.6) is 0 Å². The third kappa shape index (κ3) is 2.79. The van der Waals surface area contributed by atoms with E-state index in [2.05, 4.69) is 10.3 Å². The summed E-state index contributed by atoms with van der Waals surface area (Å²) in [5.74, 6) is 1.36. The molecule has 4 nitrogen and oxygen atoms in total. The lowest BCUT2D eigenvalue weighted by Gasteiger charge is -2.10. The fraction of sp³-hybridized carbons (Fsp3) is 0.308. The van der Waals surface area contributed by atoms with Crippen LogP contribution in [-0.2, 0) is 10.8 Å². The van der Waals surface area contributed by atoms with Crippen molar-refractivity contribution in [2.45, 2.75) is 6.92 Å². The number of nitrogens with one attached hydrogen (secondary N) is 1. The van der Waals surface area contributed by atoms with Crippen molar-refractivity contribution in [1.82, 2.24) is 4.98 Å². The SMILES string of the molecule is CCS(=O)CCNc1ccc(N)c2cnccc12. The topological polar surface area (TPSA) is 68.0 Å². The van der Waals surface area contributed by atoms with Crippen molar-refractivity contribution in [3.05, 3.63) is 30.6 Å². The molecule has 0 aliphatic rings. The molecule has 0 bridgehead atoms. The van der Waals surface area contributed by atoms with Crippen LogP contribution < -0.4 is 11.1 Å². The van der Waals surface area contributed by atoms with Crippen molar-refractivity contribution in [2.75, 3.05) is 29.1 Å². The van der Waals surface area contributed by atoms with Crippen LogP contribution in [0.1, 0.15) is 6.92 Å². The van der Waals surface area contributed by atoms with Gasteiger partial charge < -0.3 is 11.1 Å². The van der Waals surface area contributed by atoms with Crippen LogP contribution in [0.4, 0.5) is 11.4 Å². The Morgan fingerprint density at radius 2 is 2.17 bits per heavy atom. The van der Waals surface area contributed by atoms with Crippen LogP contribution in [0.15, 0.2) is 30.6 Å². The Morgan fingerprint density at radius 1 is 1.33 bits per heavy atom. The lowest BCUT2D eigenvalue weighted by molar-refractivity contribution is 0.684. The van der Waals surface area contributed by atoms with Gasteiger partial charge in [0.05, 0.1) is 0 Å². The maximum Gasteiger partial charge on any atom is 0.0422 e. The Balaban J connectivity index is 2.18. The average molecular weight is 263 g/mol. The Kier molecular flexibility index (Phi) is 4.15. The van der Waals surface area contributed by atoms with E-state index in [1.165, 1.54) is 0 Å². The van der Waals surface area contributed by atoms with Gasteiger partial charge in [-0.1, -0.05) is 6.92 Å². The molecule has 0 saturated carbocycles. The van der Waals surface area contributed by atoms with Gasteiger partial charge in [0.2, 0.25) is 0 Å². The Hall–Kier alpha value is -1.62. The summed E-state index contributed by atoms with van der Waals surface area (Å²) in [5.41, 5.74) is 7.64. The van der Waals surface area contributed by atoms with E-state index in [-0.39, 0.29) is 0 Å². The molecule has 96 valence electrons. The monoisotopic (exact) mass is 263 g/mol. The number of nitrogens with two attached hydrogens (primary N) is 1. The predicted molar refractivity (Wildman–Crippen MR) is 78.2 cm³/mol. The standard InChI is InChI=1S/C13H17N3OS/c1-2-18(17)8-7-16-13-4-3-12(14)11-9-15-6-5-10(11)13/h3-6,9,16H,2,7-8,14H2,1H3. The van der Waals surface area contributed by atoms with E-state index < -0.39 is 10.8 Å². The lowest BCUT2D eigenvalue weighted by Crippen LogP contribution is -2.12. The van der Waals surface area contributed by atoms with E-state index in [0.717, 1.165) is 22.1 Å². The first-order valence-electron chi connectivity index (χ1n) is 5.93. The van der Waals surface area contributed by atoms with E-state index >= 15 is 0 Å². The van der Waals surface area contributed by atoms with E-state index in [0.29, 0.717) is 18.1 Å². The minimum Gasteiger partial charge on any atom is -0.398 e. The second kappa shape index (κ2) is 5.82. The summed E-state index contributed by atoms with van der Waals surface area (Å²) in [4.78, 5) is 4.08. The van der Waals surface area contributed by atoms with Crippen LogP contribution >= 0.6 is 0 Å². The van der Waals surface area contributed by atoms with Gasteiger partial charge in [-0.15, -0.1) is 0 Å². The minimum absolute atomic E-state index is 0.660. The van der Waals surface area contributed by atoms with Crippen molar-refractivity contribution in [1.29, 1.82) is 0 Å². The van der Waals surface area contributed by atoms with Crippen LogP contribution in [0, 0.1) is 0 Å². The van der Waals surface area contributed by atoms with Gasteiger partial charge in [0.1, 0.15) is 0 Å². The number of pyridine rings is 1. The fourth-order valence-electron chi connectivity index (χ4n) is 1.81. The molecule has 0 aliphatic heterocycles. The van der Waals surface area contributed by atoms with Gasteiger partial charge in [-0.05, 0) is 18.2 Å². The second-order valence-electron chi connectivity index (χ2n) is 3.98. The van der Waals surface area contributed by atoms with Crippen LogP contribution in [0.3, 0.4) is 0 Å². The maximum absolute atomic E-state index is 11.4. The van der Waals surface area contributed by atoms with Gasteiger partial charge in [0.15, 0.2) is 0 Å². The third-order valence-corrected chi connectivity index (χ3v) is 4.12. The van der Waals surface area contributed by atoms with Crippen molar-refractivity contribution < 1.29 is 4.21 Å². The molecule has 0 amide bonds. The Bertz CT molecular complexity index is 571. The Morgan fingerprint density at radius 3 is 2.94 bits per heavy atom. The number of nitrogens with zero attached hydrogens (tertiary/aromatic N) is 1. The first-order valence-corrected chi connectivity index (χ1v) is 7.42. The zero-order valence-electron chi connectivity index (χ0n) is 10.3. The molecule has 1 unspecified atom stereocenters. The molecule has 1 heterocycles. The van der Waals surface area contributed by atoms with Crippen LogP contribution in [0.2, 0.25) is 0 Å². The molecular formula is C13H17N3OS. The molecule has 1 atom stereocenters. The molecule has 5 heteroatoms. The number of hydrogen-bond acceptors (Lipinski definition) is 4. The Labute approximate surface area is 109 Å².